The lowest BCUT2D eigenvalue weighted by Gasteiger charge is -2.41. The second kappa shape index (κ2) is 8.08. The number of aryl methyl sites for hydroxylation is 1. The standard InChI is InChI=1S/C22H25ClN6O/c1-25-22(21(24)30)7-9-29(10-8-22)20-18(12-26-13-19(20)23)16-5-3-15(4-6-16)17-11-27-28(2)14-17/h3-6,11-14,25H,7-10H2,1-2H3,(H2,24,30). The first-order chi connectivity index (χ1) is 14.4. The Labute approximate surface area is 180 Å². The number of hydrogen-bond donors (Lipinski definition) is 2. The van der Waals surface area contributed by atoms with E-state index < -0.39 is 5.54 Å². The second-order valence-corrected chi connectivity index (χ2v) is 8.09. The lowest BCUT2D eigenvalue weighted by Crippen LogP contribution is -2.59. The molecule has 1 aromatic carbocycles. The van der Waals surface area contributed by atoms with E-state index in [1.165, 1.54) is 0 Å². The number of benzene rings is 1. The lowest BCUT2D eigenvalue weighted by atomic mass is 9.86. The van der Waals surface area contributed by atoms with E-state index in [2.05, 4.69) is 44.6 Å². The van der Waals surface area contributed by atoms with Crippen LogP contribution in [0.2, 0.25) is 5.02 Å². The number of nitrogens with one attached hydrogen (secondary N) is 1. The number of hydrogen-bond acceptors (Lipinski definition) is 5. The molecule has 3 N–H and O–H groups in total. The fourth-order valence-corrected chi connectivity index (χ4v) is 4.38. The Morgan fingerprint density at radius 2 is 1.77 bits per heavy atom. The molecule has 4 rings (SSSR count). The molecular weight excluding hydrogens is 400 g/mol. The summed E-state index contributed by atoms with van der Waals surface area (Å²) >= 11 is 6.59. The number of pyridine rings is 1. The molecule has 1 aliphatic heterocycles. The van der Waals surface area contributed by atoms with E-state index in [4.69, 9.17) is 17.3 Å². The first-order valence-corrected chi connectivity index (χ1v) is 10.3. The van der Waals surface area contributed by atoms with Gasteiger partial charge in [-0.25, -0.2) is 0 Å². The van der Waals surface area contributed by atoms with Gasteiger partial charge in [-0.15, -0.1) is 0 Å². The van der Waals surface area contributed by atoms with Crippen LogP contribution in [0.1, 0.15) is 12.8 Å². The normalized spacial score (nSPS) is 15.9. The van der Waals surface area contributed by atoms with Crippen molar-refractivity contribution in [2.45, 2.75) is 18.4 Å². The number of nitrogens with two attached hydrogens (primary N) is 1. The van der Waals surface area contributed by atoms with Crippen molar-refractivity contribution >= 4 is 23.2 Å². The molecule has 0 aliphatic carbocycles. The lowest BCUT2D eigenvalue weighted by molar-refractivity contribution is -0.125. The maximum Gasteiger partial charge on any atom is 0.237 e. The zero-order chi connectivity index (χ0) is 21.3. The molecule has 1 fully saturated rings. The monoisotopic (exact) mass is 424 g/mol. The van der Waals surface area contributed by atoms with E-state index in [-0.39, 0.29) is 5.91 Å². The van der Waals surface area contributed by atoms with Gasteiger partial charge in [-0.3, -0.25) is 14.5 Å². The molecule has 3 aromatic rings. The maximum absolute atomic E-state index is 12.0. The fourth-order valence-electron chi connectivity index (χ4n) is 4.11. The number of carbonyl (C=O) groups excluding carboxylic acids is 1. The largest absolute Gasteiger partial charge is 0.370 e. The van der Waals surface area contributed by atoms with Gasteiger partial charge in [0.2, 0.25) is 5.91 Å². The third kappa shape index (κ3) is 3.66. The molecule has 0 radical (unpaired) electrons. The van der Waals surface area contributed by atoms with Crippen molar-refractivity contribution in [2.24, 2.45) is 12.8 Å². The number of nitrogens with zero attached hydrogens (tertiary/aromatic N) is 4. The molecule has 0 bridgehead atoms. The predicted molar refractivity (Wildman–Crippen MR) is 119 cm³/mol. The van der Waals surface area contributed by atoms with Crippen LogP contribution < -0.4 is 16.0 Å². The van der Waals surface area contributed by atoms with Crippen molar-refractivity contribution in [1.29, 1.82) is 0 Å². The van der Waals surface area contributed by atoms with Crippen LogP contribution in [0, 0.1) is 0 Å². The number of anilines is 1. The summed E-state index contributed by atoms with van der Waals surface area (Å²) in [4.78, 5) is 18.5. The number of halogens is 1. The Hall–Kier alpha value is -2.90. The van der Waals surface area contributed by atoms with Crippen molar-refractivity contribution in [3.63, 3.8) is 0 Å². The van der Waals surface area contributed by atoms with E-state index in [1.54, 1.807) is 17.9 Å². The summed E-state index contributed by atoms with van der Waals surface area (Å²) in [6.45, 7) is 1.35. The quantitative estimate of drug-likeness (QED) is 0.657. The molecular formula is C22H25ClN6O. The maximum atomic E-state index is 12.0. The molecule has 1 amide bonds. The minimum Gasteiger partial charge on any atom is -0.370 e. The molecule has 156 valence electrons. The molecule has 0 atom stereocenters. The van der Waals surface area contributed by atoms with Crippen LogP contribution in [0.3, 0.4) is 0 Å². The van der Waals surface area contributed by atoms with Gasteiger partial charge in [0.05, 0.1) is 16.9 Å². The minimum absolute atomic E-state index is 0.309. The highest BCUT2D eigenvalue weighted by molar-refractivity contribution is 6.33. The van der Waals surface area contributed by atoms with Gasteiger partial charge in [0.25, 0.3) is 0 Å². The van der Waals surface area contributed by atoms with Gasteiger partial charge >= 0.3 is 0 Å². The van der Waals surface area contributed by atoms with Crippen molar-refractivity contribution in [2.75, 3.05) is 25.0 Å². The molecule has 0 unspecified atom stereocenters. The number of amides is 1. The minimum atomic E-state index is -0.665. The highest BCUT2D eigenvalue weighted by Gasteiger charge is 2.39. The van der Waals surface area contributed by atoms with E-state index in [0.29, 0.717) is 31.0 Å². The smallest absolute Gasteiger partial charge is 0.237 e. The van der Waals surface area contributed by atoms with E-state index in [0.717, 1.165) is 27.9 Å². The number of piperidine rings is 1. The highest BCUT2D eigenvalue weighted by Crippen LogP contribution is 2.39. The van der Waals surface area contributed by atoms with Crippen LogP contribution in [0.15, 0.2) is 49.1 Å². The Balaban J connectivity index is 1.64. The zero-order valence-corrected chi connectivity index (χ0v) is 17.9. The van der Waals surface area contributed by atoms with Gasteiger partial charge in [0.15, 0.2) is 0 Å². The Morgan fingerprint density at radius 1 is 1.10 bits per heavy atom. The molecule has 1 aliphatic rings. The van der Waals surface area contributed by atoms with Crippen LogP contribution in [-0.2, 0) is 11.8 Å². The Bertz CT molecular complexity index is 1050. The van der Waals surface area contributed by atoms with Crippen molar-refractivity contribution < 1.29 is 4.79 Å². The molecule has 7 nitrogen and oxygen atoms in total. The summed E-state index contributed by atoms with van der Waals surface area (Å²) in [5.74, 6) is -0.309. The van der Waals surface area contributed by atoms with Crippen molar-refractivity contribution in [1.82, 2.24) is 20.1 Å². The topological polar surface area (TPSA) is 89.1 Å². The number of carbonyl (C=O) groups is 1. The van der Waals surface area contributed by atoms with Crippen LogP contribution in [0.25, 0.3) is 22.3 Å². The molecule has 3 heterocycles. The fraction of sp³-hybridized carbons (Fsp3) is 0.318. The van der Waals surface area contributed by atoms with E-state index in [1.807, 2.05) is 25.6 Å². The Morgan fingerprint density at radius 3 is 2.33 bits per heavy atom. The zero-order valence-electron chi connectivity index (χ0n) is 17.1. The predicted octanol–water partition coefficient (Wildman–Crippen LogP) is 2.85. The third-order valence-corrected chi connectivity index (χ3v) is 6.27. The molecule has 30 heavy (non-hydrogen) atoms. The van der Waals surface area contributed by atoms with Crippen LogP contribution >= 0.6 is 11.6 Å². The van der Waals surface area contributed by atoms with Crippen molar-refractivity contribution in [3.05, 3.63) is 54.1 Å². The molecule has 1 saturated heterocycles. The van der Waals surface area contributed by atoms with E-state index >= 15 is 0 Å². The van der Waals surface area contributed by atoms with E-state index in [9.17, 15) is 4.79 Å². The van der Waals surface area contributed by atoms with Gasteiger partial charge in [0, 0.05) is 49.9 Å². The molecule has 0 spiro atoms. The van der Waals surface area contributed by atoms with Crippen molar-refractivity contribution in [3.8, 4) is 22.3 Å². The van der Waals surface area contributed by atoms with Gasteiger partial charge in [-0.2, -0.15) is 5.10 Å². The summed E-state index contributed by atoms with van der Waals surface area (Å²) in [6, 6.07) is 8.30. The molecule has 8 heteroatoms. The van der Waals surface area contributed by atoms with Gasteiger partial charge < -0.3 is 16.0 Å². The number of aromatic nitrogens is 3. The third-order valence-electron chi connectivity index (χ3n) is 5.99. The van der Waals surface area contributed by atoms with Gasteiger partial charge in [0.1, 0.15) is 5.54 Å². The first-order valence-electron chi connectivity index (χ1n) is 9.90. The van der Waals surface area contributed by atoms with Crippen LogP contribution in [0.4, 0.5) is 5.69 Å². The van der Waals surface area contributed by atoms with Crippen LogP contribution in [-0.4, -0.2) is 46.3 Å². The summed E-state index contributed by atoms with van der Waals surface area (Å²) in [7, 11) is 3.69. The summed E-state index contributed by atoms with van der Waals surface area (Å²) in [6.07, 6.45) is 8.59. The molecule has 0 saturated carbocycles. The average Bonchev–Trinajstić information content (AvgIpc) is 3.20. The van der Waals surface area contributed by atoms with Crippen LogP contribution in [0.5, 0.6) is 0 Å². The van der Waals surface area contributed by atoms with Gasteiger partial charge in [-0.05, 0) is 31.0 Å². The summed E-state index contributed by atoms with van der Waals surface area (Å²) in [5, 5.41) is 7.95. The molecule has 2 aromatic heterocycles. The highest BCUT2D eigenvalue weighted by atomic mass is 35.5. The van der Waals surface area contributed by atoms with Gasteiger partial charge in [-0.1, -0.05) is 35.9 Å². The number of primary amides is 1. The summed E-state index contributed by atoms with van der Waals surface area (Å²) in [5.41, 5.74) is 10.1. The average molecular weight is 425 g/mol. The second-order valence-electron chi connectivity index (χ2n) is 7.68. The Kier molecular flexibility index (Phi) is 5.49. The first kappa shape index (κ1) is 20.4. The number of likely N-dealkylation sites (N-methyl/N-ethyl adjacent to an activating group) is 1. The summed E-state index contributed by atoms with van der Waals surface area (Å²) < 4.78 is 1.79. The number of rotatable bonds is 5. The SMILES string of the molecule is CNC1(C(N)=O)CCN(c2c(Cl)cncc2-c2ccc(-c3cnn(C)c3)cc2)CC1.